The lowest BCUT2D eigenvalue weighted by Crippen LogP contribution is -2.25. The molecule has 0 aliphatic rings. The number of nitro groups is 1. The average molecular weight is 317 g/mol. The Morgan fingerprint density at radius 3 is 2.64 bits per heavy atom. The smallest absolute Gasteiger partial charge is 0.269 e. The molecule has 1 N–H and O–H groups in total. The molecule has 1 heterocycles. The predicted molar refractivity (Wildman–Crippen MR) is 84.6 cm³/mol. The number of carbonyl (C=O) groups is 1. The fourth-order valence-corrected chi connectivity index (χ4v) is 2.48. The number of rotatable bonds is 6. The Kier molecular flexibility index (Phi) is 5.48. The van der Waals surface area contributed by atoms with Gasteiger partial charge in [-0.05, 0) is 31.2 Å². The number of aromatic nitrogens is 1. The van der Waals surface area contributed by atoms with Crippen LogP contribution in [0, 0.1) is 17.0 Å². The van der Waals surface area contributed by atoms with E-state index in [1.165, 1.54) is 23.9 Å². The summed E-state index contributed by atoms with van der Waals surface area (Å²) >= 11 is 1.33. The van der Waals surface area contributed by atoms with E-state index >= 15 is 0 Å². The van der Waals surface area contributed by atoms with Gasteiger partial charge in [0.25, 0.3) is 5.69 Å². The molecule has 0 fully saturated rings. The lowest BCUT2D eigenvalue weighted by molar-refractivity contribution is -0.384. The molecule has 6 nitrogen and oxygen atoms in total. The number of aryl methyl sites for hydroxylation is 1. The van der Waals surface area contributed by atoms with Crippen molar-refractivity contribution in [1.82, 2.24) is 10.3 Å². The summed E-state index contributed by atoms with van der Waals surface area (Å²) in [4.78, 5) is 27.0. The molecule has 0 aliphatic heterocycles. The highest BCUT2D eigenvalue weighted by molar-refractivity contribution is 8.00. The highest BCUT2D eigenvalue weighted by Crippen LogP contribution is 2.21. The van der Waals surface area contributed by atoms with Crippen molar-refractivity contribution in [1.29, 1.82) is 0 Å². The first-order valence-corrected chi connectivity index (χ1v) is 7.59. The first kappa shape index (κ1) is 16.0. The second kappa shape index (κ2) is 7.56. The van der Waals surface area contributed by atoms with E-state index in [0.717, 1.165) is 16.3 Å². The van der Waals surface area contributed by atoms with Gasteiger partial charge in [0.15, 0.2) is 0 Å². The van der Waals surface area contributed by atoms with Gasteiger partial charge < -0.3 is 5.32 Å². The van der Waals surface area contributed by atoms with Crippen LogP contribution in [0.2, 0.25) is 0 Å². The zero-order valence-corrected chi connectivity index (χ0v) is 12.8. The van der Waals surface area contributed by atoms with E-state index in [2.05, 4.69) is 10.3 Å². The van der Waals surface area contributed by atoms with E-state index < -0.39 is 4.92 Å². The second-order valence-corrected chi connectivity index (χ2v) is 5.64. The van der Waals surface area contributed by atoms with Crippen molar-refractivity contribution in [2.45, 2.75) is 18.4 Å². The molecule has 22 heavy (non-hydrogen) atoms. The summed E-state index contributed by atoms with van der Waals surface area (Å²) in [5.74, 6) is 0.149. The van der Waals surface area contributed by atoms with Crippen molar-refractivity contribution in [2.24, 2.45) is 0 Å². The summed E-state index contributed by atoms with van der Waals surface area (Å²) < 4.78 is 0. The van der Waals surface area contributed by atoms with Crippen LogP contribution in [-0.4, -0.2) is 21.6 Å². The topological polar surface area (TPSA) is 85.1 Å². The Hall–Kier alpha value is -2.41. The largest absolute Gasteiger partial charge is 0.350 e. The first-order valence-electron chi connectivity index (χ1n) is 6.61. The van der Waals surface area contributed by atoms with Crippen molar-refractivity contribution in [3.63, 3.8) is 0 Å². The van der Waals surface area contributed by atoms with Gasteiger partial charge in [-0.3, -0.25) is 19.9 Å². The maximum atomic E-state index is 11.8. The molecular weight excluding hydrogens is 302 g/mol. The third kappa shape index (κ3) is 4.85. The van der Waals surface area contributed by atoms with Crippen LogP contribution in [0.3, 0.4) is 0 Å². The number of nitro benzene ring substituents is 1. The summed E-state index contributed by atoms with van der Waals surface area (Å²) in [6.07, 6.45) is 0. The molecule has 0 radical (unpaired) electrons. The van der Waals surface area contributed by atoms with E-state index in [0.29, 0.717) is 6.54 Å². The lowest BCUT2D eigenvalue weighted by atomic mass is 10.3. The molecule has 0 aliphatic carbocycles. The molecule has 0 saturated carbocycles. The molecule has 1 amide bonds. The zero-order valence-electron chi connectivity index (χ0n) is 12.0. The molecule has 2 rings (SSSR count). The molecule has 0 unspecified atom stereocenters. The van der Waals surface area contributed by atoms with Gasteiger partial charge in [0, 0.05) is 22.7 Å². The zero-order chi connectivity index (χ0) is 15.9. The minimum Gasteiger partial charge on any atom is -0.350 e. The number of non-ortho nitro benzene ring substituents is 1. The highest BCUT2D eigenvalue weighted by Gasteiger charge is 2.06. The number of hydrogen-bond acceptors (Lipinski definition) is 5. The number of thioether (sulfide) groups is 1. The van der Waals surface area contributed by atoms with E-state index in [4.69, 9.17) is 0 Å². The number of benzene rings is 1. The summed E-state index contributed by atoms with van der Waals surface area (Å²) in [7, 11) is 0. The summed E-state index contributed by atoms with van der Waals surface area (Å²) in [5.41, 5.74) is 1.76. The summed E-state index contributed by atoms with van der Waals surface area (Å²) in [6.45, 7) is 2.29. The fraction of sp³-hybridized carbons (Fsp3) is 0.200. The van der Waals surface area contributed by atoms with E-state index in [-0.39, 0.29) is 17.3 Å². The Balaban J connectivity index is 1.79. The molecule has 1 aromatic carbocycles. The fourth-order valence-electron chi connectivity index (χ4n) is 1.75. The molecule has 0 saturated heterocycles. The van der Waals surface area contributed by atoms with Crippen molar-refractivity contribution in [2.75, 3.05) is 5.75 Å². The molecule has 7 heteroatoms. The Labute approximate surface area is 132 Å². The molecule has 0 atom stereocenters. The standard InChI is InChI=1S/C15H15N3O3S/c1-11-3-2-4-12(17-11)9-16-15(19)10-22-14-7-5-13(6-8-14)18(20)21/h2-8H,9-10H2,1H3,(H,16,19). The van der Waals surface area contributed by atoms with Crippen LogP contribution in [0.4, 0.5) is 5.69 Å². The average Bonchev–Trinajstić information content (AvgIpc) is 2.51. The normalized spacial score (nSPS) is 10.2. The van der Waals surface area contributed by atoms with Gasteiger partial charge in [-0.1, -0.05) is 6.07 Å². The minimum absolute atomic E-state index is 0.0410. The SMILES string of the molecule is Cc1cccc(CNC(=O)CSc2ccc([N+](=O)[O-])cc2)n1. The number of nitrogens with zero attached hydrogens (tertiary/aromatic N) is 2. The van der Waals surface area contributed by atoms with Crippen LogP contribution >= 0.6 is 11.8 Å². The van der Waals surface area contributed by atoms with Crippen molar-refractivity contribution in [3.05, 3.63) is 64.0 Å². The van der Waals surface area contributed by atoms with Gasteiger partial charge in [-0.25, -0.2) is 0 Å². The monoisotopic (exact) mass is 317 g/mol. The molecule has 0 spiro atoms. The molecular formula is C15H15N3O3S. The van der Waals surface area contributed by atoms with Crippen LogP contribution in [-0.2, 0) is 11.3 Å². The van der Waals surface area contributed by atoms with Gasteiger partial charge in [0.2, 0.25) is 5.91 Å². The molecule has 0 bridgehead atoms. The first-order chi connectivity index (χ1) is 10.5. The van der Waals surface area contributed by atoms with Gasteiger partial charge in [-0.2, -0.15) is 0 Å². The number of pyridine rings is 1. The van der Waals surface area contributed by atoms with E-state index in [1.54, 1.807) is 12.1 Å². The number of nitrogens with one attached hydrogen (secondary N) is 1. The predicted octanol–water partition coefficient (Wildman–Crippen LogP) is 2.71. The van der Waals surface area contributed by atoms with Crippen molar-refractivity contribution < 1.29 is 9.72 Å². The molecule has 2 aromatic rings. The second-order valence-electron chi connectivity index (χ2n) is 4.59. The molecule has 1 aromatic heterocycles. The third-order valence-electron chi connectivity index (χ3n) is 2.83. The van der Waals surface area contributed by atoms with E-state index in [9.17, 15) is 14.9 Å². The lowest BCUT2D eigenvalue weighted by Gasteiger charge is -2.05. The van der Waals surface area contributed by atoms with Gasteiger partial charge >= 0.3 is 0 Å². The van der Waals surface area contributed by atoms with E-state index in [1.807, 2.05) is 25.1 Å². The quantitative estimate of drug-likeness (QED) is 0.503. The van der Waals surface area contributed by atoms with Crippen LogP contribution in [0.5, 0.6) is 0 Å². The maximum absolute atomic E-state index is 11.8. The van der Waals surface area contributed by atoms with Gasteiger partial charge in [-0.15, -0.1) is 11.8 Å². The van der Waals surface area contributed by atoms with Crippen LogP contribution < -0.4 is 5.32 Å². The molecule has 114 valence electrons. The number of carbonyl (C=O) groups excluding carboxylic acids is 1. The number of hydrogen-bond donors (Lipinski definition) is 1. The third-order valence-corrected chi connectivity index (χ3v) is 3.84. The summed E-state index contributed by atoms with van der Waals surface area (Å²) in [6, 6.07) is 11.8. The van der Waals surface area contributed by atoms with Crippen LogP contribution in [0.25, 0.3) is 0 Å². The van der Waals surface area contributed by atoms with Crippen LogP contribution in [0.15, 0.2) is 47.4 Å². The Morgan fingerprint density at radius 2 is 2.00 bits per heavy atom. The highest BCUT2D eigenvalue weighted by atomic mass is 32.2. The van der Waals surface area contributed by atoms with Gasteiger partial charge in [0.05, 0.1) is 22.9 Å². The van der Waals surface area contributed by atoms with Crippen molar-refractivity contribution >= 4 is 23.4 Å². The van der Waals surface area contributed by atoms with Crippen LogP contribution in [0.1, 0.15) is 11.4 Å². The number of amides is 1. The minimum atomic E-state index is -0.448. The Bertz CT molecular complexity index is 674. The van der Waals surface area contributed by atoms with Crippen molar-refractivity contribution in [3.8, 4) is 0 Å². The summed E-state index contributed by atoms with van der Waals surface area (Å²) in [5, 5.41) is 13.3. The van der Waals surface area contributed by atoms with Gasteiger partial charge in [0.1, 0.15) is 0 Å². The maximum Gasteiger partial charge on any atom is 0.269 e. The Morgan fingerprint density at radius 1 is 1.27 bits per heavy atom.